The average molecular weight is 496 g/mol. The molecule has 0 atom stereocenters. The van der Waals surface area contributed by atoms with Gasteiger partial charge in [-0.25, -0.2) is 4.79 Å². The van der Waals surface area contributed by atoms with Crippen LogP contribution in [0.5, 0.6) is 0 Å². The lowest BCUT2D eigenvalue weighted by Crippen LogP contribution is -2.26. The summed E-state index contributed by atoms with van der Waals surface area (Å²) in [5.41, 5.74) is 3.78. The molecule has 194 valence electrons. The minimum absolute atomic E-state index is 0.0144. The Labute approximate surface area is 213 Å². The summed E-state index contributed by atoms with van der Waals surface area (Å²) in [4.78, 5) is 52.2. The SMILES string of the molecule is O=C(CCCCCCC(=O)Nc1ccccc1)NOC(=O)CCCCCCC(=O)Nc1ccccc1. The van der Waals surface area contributed by atoms with Gasteiger partial charge in [0, 0.05) is 37.1 Å². The van der Waals surface area contributed by atoms with Gasteiger partial charge in [-0.3, -0.25) is 14.4 Å². The summed E-state index contributed by atoms with van der Waals surface area (Å²) in [7, 11) is 0. The first kappa shape index (κ1) is 28.6. The van der Waals surface area contributed by atoms with Crippen LogP contribution in [-0.4, -0.2) is 23.7 Å². The van der Waals surface area contributed by atoms with Crippen molar-refractivity contribution in [2.75, 3.05) is 10.6 Å². The largest absolute Gasteiger partial charge is 0.341 e. The molecule has 0 aliphatic carbocycles. The van der Waals surface area contributed by atoms with E-state index in [4.69, 9.17) is 4.84 Å². The van der Waals surface area contributed by atoms with E-state index in [1.54, 1.807) is 0 Å². The second-order valence-electron chi connectivity index (χ2n) is 8.66. The number of hydrogen-bond donors (Lipinski definition) is 3. The predicted molar refractivity (Wildman–Crippen MR) is 140 cm³/mol. The third kappa shape index (κ3) is 13.9. The van der Waals surface area contributed by atoms with Gasteiger partial charge >= 0.3 is 5.97 Å². The van der Waals surface area contributed by atoms with E-state index >= 15 is 0 Å². The van der Waals surface area contributed by atoms with Crippen molar-refractivity contribution in [3.8, 4) is 0 Å². The third-order valence-electron chi connectivity index (χ3n) is 5.49. The highest BCUT2D eigenvalue weighted by Gasteiger charge is 2.08. The summed E-state index contributed by atoms with van der Waals surface area (Å²) < 4.78 is 0. The number of anilines is 2. The van der Waals surface area contributed by atoms with Gasteiger partial charge in [0.05, 0.1) is 0 Å². The topological polar surface area (TPSA) is 114 Å². The van der Waals surface area contributed by atoms with Crippen LogP contribution in [0.3, 0.4) is 0 Å². The monoisotopic (exact) mass is 495 g/mol. The Bertz CT molecular complexity index is 857. The molecular formula is C28H37N3O5. The number of para-hydroxylation sites is 2. The molecule has 2 aromatic rings. The zero-order valence-electron chi connectivity index (χ0n) is 20.8. The van der Waals surface area contributed by atoms with Crippen molar-refractivity contribution in [2.24, 2.45) is 0 Å². The van der Waals surface area contributed by atoms with E-state index in [0.717, 1.165) is 49.9 Å². The standard InChI is InChI=1S/C28H37N3O5/c32-25(29-23-15-7-5-8-16-23)19-11-1-2-13-21-27(34)31-36-28(35)22-14-4-3-12-20-26(33)30-24-17-9-6-10-18-24/h5-10,15-18H,1-4,11-14,19-22H2,(H,29,32)(H,30,33)(H,31,34). The van der Waals surface area contributed by atoms with Gasteiger partial charge in [0.1, 0.15) is 0 Å². The summed E-state index contributed by atoms with van der Waals surface area (Å²) in [5, 5.41) is 5.69. The molecule has 0 radical (unpaired) electrons. The smallest absolute Gasteiger partial charge is 0.332 e. The molecule has 3 amide bonds. The van der Waals surface area contributed by atoms with Crippen molar-refractivity contribution < 1.29 is 24.0 Å². The number of carbonyl (C=O) groups excluding carboxylic acids is 4. The van der Waals surface area contributed by atoms with Crippen molar-refractivity contribution in [1.82, 2.24) is 5.48 Å². The second-order valence-corrected chi connectivity index (χ2v) is 8.66. The molecule has 0 heterocycles. The molecule has 36 heavy (non-hydrogen) atoms. The first-order chi connectivity index (χ1) is 17.5. The maximum absolute atomic E-state index is 11.9. The second kappa shape index (κ2) is 17.7. The van der Waals surface area contributed by atoms with Gasteiger partial charge in [-0.1, -0.05) is 62.1 Å². The van der Waals surface area contributed by atoms with Crippen molar-refractivity contribution in [3.63, 3.8) is 0 Å². The average Bonchev–Trinajstić information content (AvgIpc) is 2.88. The molecule has 0 saturated carbocycles. The van der Waals surface area contributed by atoms with Crippen LogP contribution in [0, 0.1) is 0 Å². The molecule has 0 saturated heterocycles. The Hall–Kier alpha value is -3.68. The Morgan fingerprint density at radius 1 is 0.500 bits per heavy atom. The molecule has 3 N–H and O–H groups in total. The molecular weight excluding hydrogens is 458 g/mol. The molecule has 0 spiro atoms. The van der Waals surface area contributed by atoms with Gasteiger partial charge in [0.2, 0.25) is 11.8 Å². The van der Waals surface area contributed by atoms with Gasteiger partial charge in [-0.15, -0.1) is 0 Å². The molecule has 0 unspecified atom stereocenters. The van der Waals surface area contributed by atoms with Crippen LogP contribution < -0.4 is 16.1 Å². The van der Waals surface area contributed by atoms with Crippen LogP contribution in [0.15, 0.2) is 60.7 Å². The Balaban J connectivity index is 1.38. The number of hydroxylamine groups is 1. The van der Waals surface area contributed by atoms with Gasteiger partial charge < -0.3 is 15.5 Å². The van der Waals surface area contributed by atoms with E-state index < -0.39 is 5.97 Å². The molecule has 8 nitrogen and oxygen atoms in total. The first-order valence-electron chi connectivity index (χ1n) is 12.7. The first-order valence-corrected chi connectivity index (χ1v) is 12.7. The number of amides is 3. The van der Waals surface area contributed by atoms with Crippen LogP contribution in [0.4, 0.5) is 11.4 Å². The lowest BCUT2D eigenvalue weighted by atomic mass is 10.1. The minimum atomic E-state index is -0.463. The number of carbonyl (C=O) groups is 4. The summed E-state index contributed by atoms with van der Waals surface area (Å²) in [5.74, 6) is -0.819. The fourth-order valence-electron chi connectivity index (χ4n) is 3.54. The molecule has 2 rings (SSSR count). The van der Waals surface area contributed by atoms with E-state index in [0.29, 0.717) is 25.7 Å². The number of benzene rings is 2. The van der Waals surface area contributed by atoms with Gasteiger partial charge in [-0.05, 0) is 49.9 Å². The van der Waals surface area contributed by atoms with E-state index in [9.17, 15) is 19.2 Å². The lowest BCUT2D eigenvalue weighted by molar-refractivity contribution is -0.158. The highest BCUT2D eigenvalue weighted by molar-refractivity contribution is 5.91. The molecule has 0 aliphatic heterocycles. The van der Waals surface area contributed by atoms with E-state index in [1.807, 2.05) is 60.7 Å². The fourth-order valence-corrected chi connectivity index (χ4v) is 3.54. The molecule has 0 aromatic heterocycles. The van der Waals surface area contributed by atoms with Crippen LogP contribution in [0.1, 0.15) is 77.0 Å². The summed E-state index contributed by atoms with van der Waals surface area (Å²) in [6, 6.07) is 18.7. The van der Waals surface area contributed by atoms with Crippen LogP contribution in [-0.2, 0) is 24.0 Å². The summed E-state index contributed by atoms with van der Waals surface area (Å²) >= 11 is 0. The van der Waals surface area contributed by atoms with Crippen LogP contribution in [0.25, 0.3) is 0 Å². The Morgan fingerprint density at radius 3 is 1.33 bits per heavy atom. The van der Waals surface area contributed by atoms with Crippen molar-refractivity contribution in [3.05, 3.63) is 60.7 Å². The normalized spacial score (nSPS) is 10.3. The van der Waals surface area contributed by atoms with Crippen molar-refractivity contribution >= 4 is 35.1 Å². The molecule has 0 aliphatic rings. The quantitative estimate of drug-likeness (QED) is 0.210. The Morgan fingerprint density at radius 2 is 0.889 bits per heavy atom. The number of hydrogen-bond acceptors (Lipinski definition) is 5. The molecule has 0 fully saturated rings. The minimum Gasteiger partial charge on any atom is -0.341 e. The van der Waals surface area contributed by atoms with Crippen molar-refractivity contribution in [1.29, 1.82) is 0 Å². The van der Waals surface area contributed by atoms with Gasteiger partial charge in [0.25, 0.3) is 5.91 Å². The number of unbranched alkanes of at least 4 members (excludes halogenated alkanes) is 6. The van der Waals surface area contributed by atoms with Crippen molar-refractivity contribution in [2.45, 2.75) is 77.0 Å². The van der Waals surface area contributed by atoms with E-state index in [1.165, 1.54) is 0 Å². The zero-order valence-corrected chi connectivity index (χ0v) is 20.8. The lowest BCUT2D eigenvalue weighted by Gasteiger charge is -2.07. The third-order valence-corrected chi connectivity index (χ3v) is 5.49. The molecule has 0 bridgehead atoms. The number of nitrogens with one attached hydrogen (secondary N) is 3. The van der Waals surface area contributed by atoms with Crippen LogP contribution >= 0.6 is 0 Å². The fraction of sp³-hybridized carbons (Fsp3) is 0.429. The summed E-state index contributed by atoms with van der Waals surface area (Å²) in [6.07, 6.45) is 7.53. The molecule has 8 heteroatoms. The van der Waals surface area contributed by atoms with Gasteiger partial charge in [0.15, 0.2) is 0 Å². The Kier molecular flexibility index (Phi) is 14.0. The zero-order chi connectivity index (χ0) is 25.8. The van der Waals surface area contributed by atoms with E-state index in [-0.39, 0.29) is 30.6 Å². The maximum atomic E-state index is 11.9. The van der Waals surface area contributed by atoms with Crippen LogP contribution in [0.2, 0.25) is 0 Å². The summed E-state index contributed by atoms with van der Waals surface area (Å²) in [6.45, 7) is 0. The predicted octanol–water partition coefficient (Wildman–Crippen LogP) is 5.52. The maximum Gasteiger partial charge on any atom is 0.332 e. The highest BCUT2D eigenvalue weighted by atomic mass is 16.7. The molecule has 2 aromatic carbocycles. The highest BCUT2D eigenvalue weighted by Crippen LogP contribution is 2.11. The van der Waals surface area contributed by atoms with E-state index in [2.05, 4.69) is 16.1 Å². The van der Waals surface area contributed by atoms with Gasteiger partial charge in [-0.2, -0.15) is 5.48 Å². The number of rotatable bonds is 16.